The van der Waals surface area contributed by atoms with Crippen molar-refractivity contribution in [2.24, 2.45) is 5.92 Å². The maximum Gasteiger partial charge on any atom is 0.323 e. The van der Waals surface area contributed by atoms with Gasteiger partial charge in [-0.15, -0.1) is 0 Å². The predicted molar refractivity (Wildman–Crippen MR) is 105 cm³/mol. The third-order valence-corrected chi connectivity index (χ3v) is 4.60. The summed E-state index contributed by atoms with van der Waals surface area (Å²) in [5.41, 5.74) is 1.42. The number of carbonyl (C=O) groups is 4. The van der Waals surface area contributed by atoms with Gasteiger partial charge in [-0.1, -0.05) is 44.2 Å². The average Bonchev–Trinajstić information content (AvgIpc) is 2.91. The molecule has 150 valence electrons. The van der Waals surface area contributed by atoms with Crippen LogP contribution in [0, 0.1) is 5.92 Å². The first-order chi connectivity index (χ1) is 13.8. The Bertz CT molecular complexity index is 968. The maximum absolute atomic E-state index is 12.8. The highest BCUT2D eigenvalue weighted by atomic mass is 16.4. The number of hydrogen-bond acceptors (Lipinski definition) is 4. The minimum Gasteiger partial charge on any atom is -0.480 e. The van der Waals surface area contributed by atoms with E-state index in [0.29, 0.717) is 0 Å². The van der Waals surface area contributed by atoms with Crippen LogP contribution in [0.5, 0.6) is 0 Å². The van der Waals surface area contributed by atoms with Gasteiger partial charge in [-0.3, -0.25) is 24.1 Å². The van der Waals surface area contributed by atoms with Gasteiger partial charge in [0.25, 0.3) is 17.7 Å². The van der Waals surface area contributed by atoms with Crippen molar-refractivity contribution in [2.45, 2.75) is 20.4 Å². The van der Waals surface area contributed by atoms with Gasteiger partial charge < -0.3 is 10.0 Å². The van der Waals surface area contributed by atoms with Crippen LogP contribution in [-0.2, 0) is 11.3 Å². The van der Waals surface area contributed by atoms with Gasteiger partial charge in [0.15, 0.2) is 0 Å². The van der Waals surface area contributed by atoms with Crippen molar-refractivity contribution in [1.29, 1.82) is 0 Å². The van der Waals surface area contributed by atoms with Crippen LogP contribution >= 0.6 is 0 Å². The van der Waals surface area contributed by atoms with Crippen LogP contribution in [0.2, 0.25) is 0 Å². The lowest BCUT2D eigenvalue weighted by molar-refractivity contribution is -0.137. The molecule has 7 nitrogen and oxygen atoms in total. The van der Waals surface area contributed by atoms with E-state index in [4.69, 9.17) is 5.11 Å². The number of hydrogen-bond donors (Lipinski definition) is 1. The molecule has 0 radical (unpaired) electrons. The quantitative estimate of drug-likeness (QED) is 0.729. The molecule has 1 heterocycles. The van der Waals surface area contributed by atoms with Crippen molar-refractivity contribution < 1.29 is 24.3 Å². The monoisotopic (exact) mass is 394 g/mol. The van der Waals surface area contributed by atoms with Crippen LogP contribution in [-0.4, -0.2) is 51.7 Å². The minimum absolute atomic E-state index is 0.0808. The minimum atomic E-state index is -1.11. The lowest BCUT2D eigenvalue weighted by atomic mass is 10.0. The summed E-state index contributed by atoms with van der Waals surface area (Å²) in [7, 11) is 0. The molecule has 0 saturated heterocycles. The number of fused-ring (bicyclic) bond motifs is 1. The Hall–Kier alpha value is -3.48. The fourth-order valence-corrected chi connectivity index (χ4v) is 3.34. The molecule has 0 unspecified atom stereocenters. The second kappa shape index (κ2) is 8.26. The zero-order valence-electron chi connectivity index (χ0n) is 16.3. The first kappa shape index (κ1) is 20.3. The van der Waals surface area contributed by atoms with Crippen molar-refractivity contribution >= 4 is 23.7 Å². The van der Waals surface area contributed by atoms with Crippen molar-refractivity contribution in [2.75, 3.05) is 13.1 Å². The predicted octanol–water partition coefficient (Wildman–Crippen LogP) is 2.67. The summed E-state index contributed by atoms with van der Waals surface area (Å²) in [6, 6.07) is 13.5. The van der Waals surface area contributed by atoms with Crippen LogP contribution in [0.3, 0.4) is 0 Å². The zero-order chi connectivity index (χ0) is 21.1. The molecular weight excluding hydrogens is 372 g/mol. The van der Waals surface area contributed by atoms with Crippen molar-refractivity contribution in [1.82, 2.24) is 9.80 Å². The summed E-state index contributed by atoms with van der Waals surface area (Å²) in [5, 5.41) is 9.10. The summed E-state index contributed by atoms with van der Waals surface area (Å²) in [4.78, 5) is 51.8. The molecule has 2 aromatic carbocycles. The molecule has 0 aliphatic carbocycles. The summed E-state index contributed by atoms with van der Waals surface area (Å²) < 4.78 is 0. The first-order valence-electron chi connectivity index (χ1n) is 9.33. The normalized spacial score (nSPS) is 13.0. The standard InChI is InChI=1S/C22H22N2O5/c1-14(2)11-23(13-19(25)26)20(27)16-8-9-17-18(10-16)22(29)24(21(17)28)12-15-6-4-3-5-7-15/h3-10,14H,11-13H2,1-2H3,(H,25,26). The number of carbonyl (C=O) groups excluding carboxylic acids is 3. The second-order valence-corrected chi connectivity index (χ2v) is 7.42. The number of amides is 3. The molecule has 1 N–H and O–H groups in total. The highest BCUT2D eigenvalue weighted by Crippen LogP contribution is 2.26. The third kappa shape index (κ3) is 4.34. The number of carboxylic acids is 1. The molecule has 7 heteroatoms. The molecule has 1 aliphatic rings. The van der Waals surface area contributed by atoms with Gasteiger partial charge in [-0.2, -0.15) is 0 Å². The zero-order valence-corrected chi connectivity index (χ0v) is 16.3. The van der Waals surface area contributed by atoms with E-state index in [-0.39, 0.29) is 35.7 Å². The molecule has 29 heavy (non-hydrogen) atoms. The lowest BCUT2D eigenvalue weighted by Crippen LogP contribution is -2.38. The van der Waals surface area contributed by atoms with Gasteiger partial charge in [0.2, 0.25) is 0 Å². The molecule has 2 aromatic rings. The highest BCUT2D eigenvalue weighted by Gasteiger charge is 2.36. The topological polar surface area (TPSA) is 95.0 Å². The Morgan fingerprint density at radius 3 is 2.28 bits per heavy atom. The average molecular weight is 394 g/mol. The fraction of sp³-hybridized carbons (Fsp3) is 0.273. The Labute approximate surface area is 168 Å². The third-order valence-electron chi connectivity index (χ3n) is 4.60. The van der Waals surface area contributed by atoms with Crippen molar-refractivity contribution in [3.05, 3.63) is 70.8 Å². The molecule has 0 saturated carbocycles. The van der Waals surface area contributed by atoms with Crippen LogP contribution in [0.1, 0.15) is 50.5 Å². The Balaban J connectivity index is 1.86. The van der Waals surface area contributed by atoms with Crippen LogP contribution in [0.15, 0.2) is 48.5 Å². The van der Waals surface area contributed by atoms with E-state index >= 15 is 0 Å². The van der Waals surface area contributed by atoms with Gasteiger partial charge in [0.05, 0.1) is 17.7 Å². The molecule has 3 rings (SSSR count). The number of benzene rings is 2. The van der Waals surface area contributed by atoms with Gasteiger partial charge in [-0.05, 0) is 29.7 Å². The maximum atomic E-state index is 12.8. The lowest BCUT2D eigenvalue weighted by Gasteiger charge is -2.23. The SMILES string of the molecule is CC(C)CN(CC(=O)O)C(=O)c1ccc2c(c1)C(=O)N(Cc1ccccc1)C2=O. The smallest absolute Gasteiger partial charge is 0.323 e. The van der Waals surface area contributed by atoms with Crippen LogP contribution in [0.25, 0.3) is 0 Å². The van der Waals surface area contributed by atoms with E-state index < -0.39 is 30.2 Å². The summed E-state index contributed by atoms with van der Waals surface area (Å²) in [6.07, 6.45) is 0. The van der Waals surface area contributed by atoms with Gasteiger partial charge in [-0.25, -0.2) is 0 Å². The van der Waals surface area contributed by atoms with Crippen molar-refractivity contribution in [3.8, 4) is 0 Å². The Morgan fingerprint density at radius 1 is 1.00 bits per heavy atom. The molecule has 0 bridgehead atoms. The number of carboxylic acid groups (broad SMARTS) is 1. The molecule has 0 spiro atoms. The molecule has 0 fully saturated rings. The Kier molecular flexibility index (Phi) is 5.77. The van der Waals surface area contributed by atoms with E-state index in [1.807, 2.05) is 44.2 Å². The van der Waals surface area contributed by atoms with Gasteiger partial charge in [0.1, 0.15) is 6.54 Å². The molecular formula is C22H22N2O5. The summed E-state index contributed by atoms with van der Waals surface area (Å²) >= 11 is 0. The number of imide groups is 1. The second-order valence-electron chi connectivity index (χ2n) is 7.42. The molecule has 0 atom stereocenters. The van der Waals surface area contributed by atoms with Crippen molar-refractivity contribution in [3.63, 3.8) is 0 Å². The van der Waals surface area contributed by atoms with E-state index in [0.717, 1.165) is 10.5 Å². The van der Waals surface area contributed by atoms with E-state index in [1.165, 1.54) is 23.1 Å². The van der Waals surface area contributed by atoms with E-state index in [1.54, 1.807) is 0 Å². The van der Waals surface area contributed by atoms with Crippen LogP contribution < -0.4 is 0 Å². The molecule has 1 aliphatic heterocycles. The van der Waals surface area contributed by atoms with Gasteiger partial charge in [0, 0.05) is 12.1 Å². The van der Waals surface area contributed by atoms with E-state index in [2.05, 4.69) is 0 Å². The van der Waals surface area contributed by atoms with Crippen LogP contribution in [0.4, 0.5) is 0 Å². The number of rotatable bonds is 7. The van der Waals surface area contributed by atoms with E-state index in [9.17, 15) is 19.2 Å². The summed E-state index contributed by atoms with van der Waals surface area (Å²) in [6.45, 7) is 3.76. The highest BCUT2D eigenvalue weighted by molar-refractivity contribution is 6.22. The Morgan fingerprint density at radius 2 is 1.66 bits per heavy atom. The van der Waals surface area contributed by atoms with Gasteiger partial charge >= 0.3 is 5.97 Å². The molecule has 0 aromatic heterocycles. The fourth-order valence-electron chi connectivity index (χ4n) is 3.34. The largest absolute Gasteiger partial charge is 0.480 e. The molecule has 3 amide bonds. The summed E-state index contributed by atoms with van der Waals surface area (Å²) in [5.74, 6) is -2.38. The number of aliphatic carboxylic acids is 1. The first-order valence-corrected chi connectivity index (χ1v) is 9.33. The number of nitrogens with zero attached hydrogens (tertiary/aromatic N) is 2.